The van der Waals surface area contributed by atoms with Gasteiger partial charge in [0.15, 0.2) is 0 Å². The minimum atomic E-state index is -0.463. The molecule has 17 heavy (non-hydrogen) atoms. The highest BCUT2D eigenvalue weighted by molar-refractivity contribution is 7.10. The third-order valence-corrected chi connectivity index (χ3v) is 4.30. The van der Waals surface area contributed by atoms with Gasteiger partial charge in [-0.25, -0.2) is 0 Å². The number of aryl methyl sites for hydroxylation is 2. The van der Waals surface area contributed by atoms with Crippen molar-refractivity contribution in [1.82, 2.24) is 0 Å². The Labute approximate surface area is 111 Å². The molecule has 0 bridgehead atoms. The maximum atomic E-state index is 10.2. The first kappa shape index (κ1) is 12.6. The van der Waals surface area contributed by atoms with Crippen LogP contribution in [0.15, 0.2) is 29.6 Å². The van der Waals surface area contributed by atoms with E-state index in [4.69, 9.17) is 11.6 Å². The number of benzene rings is 1. The van der Waals surface area contributed by atoms with Crippen molar-refractivity contribution in [3.63, 3.8) is 0 Å². The van der Waals surface area contributed by atoms with Crippen LogP contribution in [0.1, 0.15) is 27.7 Å². The molecule has 1 unspecified atom stereocenters. The number of hydrogen-bond acceptors (Lipinski definition) is 2. The molecule has 1 nitrogen and oxygen atoms in total. The molecule has 0 aliphatic rings. The van der Waals surface area contributed by atoms with E-state index in [-0.39, 0.29) is 0 Å². The van der Waals surface area contributed by atoms with Gasteiger partial charge in [-0.2, -0.15) is 0 Å². The van der Waals surface area contributed by atoms with Crippen molar-refractivity contribution in [2.24, 2.45) is 0 Å². The molecule has 0 aliphatic heterocycles. The van der Waals surface area contributed by atoms with Gasteiger partial charge in [-0.15, -0.1) is 11.3 Å². The average Bonchev–Trinajstić information content (AvgIpc) is 2.68. The minimum Gasteiger partial charge on any atom is -0.387 e. The van der Waals surface area contributed by atoms with Crippen LogP contribution in [-0.4, -0.2) is 5.11 Å². The summed E-state index contributed by atoms with van der Waals surface area (Å²) in [5, 5.41) is 12.9. The van der Waals surface area contributed by atoms with Crippen LogP contribution in [0.3, 0.4) is 0 Å². The Balaban J connectivity index is 2.19. The Morgan fingerprint density at radius 2 is 2.06 bits per heavy atom. The number of hydrogen-bond donors (Lipinski definition) is 1. The van der Waals surface area contributed by atoms with Crippen molar-refractivity contribution in [2.45, 2.75) is 26.4 Å². The molecule has 2 rings (SSSR count). The van der Waals surface area contributed by atoms with Crippen LogP contribution in [0.4, 0.5) is 0 Å². The van der Waals surface area contributed by atoms with E-state index < -0.39 is 6.10 Å². The minimum absolute atomic E-state index is 0.463. The van der Waals surface area contributed by atoms with Gasteiger partial charge >= 0.3 is 0 Å². The Bertz CT molecular complexity index is 519. The van der Waals surface area contributed by atoms with Crippen molar-refractivity contribution >= 4 is 22.9 Å². The molecule has 1 heterocycles. The predicted molar refractivity (Wildman–Crippen MR) is 73.9 cm³/mol. The third kappa shape index (κ3) is 2.89. The van der Waals surface area contributed by atoms with Crippen LogP contribution in [0.2, 0.25) is 5.02 Å². The maximum absolute atomic E-state index is 10.2. The quantitative estimate of drug-likeness (QED) is 0.878. The molecule has 0 spiro atoms. The molecule has 3 heteroatoms. The zero-order valence-corrected chi connectivity index (χ0v) is 11.5. The van der Waals surface area contributed by atoms with Gasteiger partial charge in [0.25, 0.3) is 0 Å². The Kier molecular flexibility index (Phi) is 3.87. The zero-order chi connectivity index (χ0) is 12.4. The van der Waals surface area contributed by atoms with Crippen molar-refractivity contribution in [2.75, 3.05) is 0 Å². The zero-order valence-electron chi connectivity index (χ0n) is 9.90. The second kappa shape index (κ2) is 5.21. The fourth-order valence-electron chi connectivity index (χ4n) is 1.84. The smallest absolute Gasteiger partial charge is 0.0925 e. The molecule has 90 valence electrons. The number of aliphatic hydroxyl groups excluding tert-OH is 1. The molecule has 1 aromatic carbocycles. The van der Waals surface area contributed by atoms with Gasteiger partial charge in [0.2, 0.25) is 0 Å². The fraction of sp³-hybridized carbons (Fsp3) is 0.286. The summed E-state index contributed by atoms with van der Waals surface area (Å²) < 4.78 is 0. The molecule has 1 N–H and O–H groups in total. The Hall–Kier alpha value is -0.830. The standard InChI is InChI=1S/C14H15ClOS/c1-9-3-4-11(12(15)7-9)8-13(16)14-10(2)5-6-17-14/h3-7,13,16H,8H2,1-2H3. The van der Waals surface area contributed by atoms with E-state index in [9.17, 15) is 5.11 Å². The van der Waals surface area contributed by atoms with Crippen LogP contribution in [-0.2, 0) is 6.42 Å². The SMILES string of the molecule is Cc1ccc(CC(O)c2sccc2C)c(Cl)c1. The molecule has 1 atom stereocenters. The van der Waals surface area contributed by atoms with E-state index >= 15 is 0 Å². The highest BCUT2D eigenvalue weighted by Crippen LogP contribution is 2.29. The first-order chi connectivity index (χ1) is 8.08. The number of halogens is 1. The first-order valence-electron chi connectivity index (χ1n) is 5.55. The van der Waals surface area contributed by atoms with Crippen molar-refractivity contribution < 1.29 is 5.11 Å². The number of thiophene rings is 1. The summed E-state index contributed by atoms with van der Waals surface area (Å²) >= 11 is 7.76. The molecule has 0 amide bonds. The van der Waals surface area contributed by atoms with Gasteiger partial charge in [0.1, 0.15) is 0 Å². The molecule has 0 saturated carbocycles. The molecular formula is C14H15ClOS. The topological polar surface area (TPSA) is 20.2 Å². The van der Waals surface area contributed by atoms with Gasteiger partial charge in [0.05, 0.1) is 6.10 Å². The van der Waals surface area contributed by atoms with Crippen LogP contribution < -0.4 is 0 Å². The predicted octanol–water partition coefficient (Wildman–Crippen LogP) is 4.29. The summed E-state index contributed by atoms with van der Waals surface area (Å²) in [5.74, 6) is 0. The lowest BCUT2D eigenvalue weighted by Crippen LogP contribution is -2.01. The molecule has 1 aromatic heterocycles. The second-order valence-electron chi connectivity index (χ2n) is 4.28. The fourth-order valence-corrected chi connectivity index (χ4v) is 3.07. The van der Waals surface area contributed by atoms with E-state index in [0.717, 1.165) is 26.6 Å². The molecule has 0 fully saturated rings. The number of aliphatic hydroxyl groups is 1. The Morgan fingerprint density at radius 1 is 1.29 bits per heavy atom. The monoisotopic (exact) mass is 266 g/mol. The van der Waals surface area contributed by atoms with E-state index in [2.05, 4.69) is 0 Å². The summed E-state index contributed by atoms with van der Waals surface area (Å²) in [7, 11) is 0. The summed E-state index contributed by atoms with van der Waals surface area (Å²) in [4.78, 5) is 1.03. The molecule has 0 aliphatic carbocycles. The highest BCUT2D eigenvalue weighted by atomic mass is 35.5. The third-order valence-electron chi connectivity index (χ3n) is 2.83. The van der Waals surface area contributed by atoms with Gasteiger partial charge in [0, 0.05) is 16.3 Å². The van der Waals surface area contributed by atoms with E-state index in [1.807, 2.05) is 43.5 Å². The lowest BCUT2D eigenvalue weighted by Gasteiger charge is -2.11. The van der Waals surface area contributed by atoms with Gasteiger partial charge < -0.3 is 5.11 Å². The maximum Gasteiger partial charge on any atom is 0.0925 e. The summed E-state index contributed by atoms with van der Waals surface area (Å²) in [6, 6.07) is 7.98. The highest BCUT2D eigenvalue weighted by Gasteiger charge is 2.14. The molecule has 0 radical (unpaired) electrons. The van der Waals surface area contributed by atoms with Crippen molar-refractivity contribution in [1.29, 1.82) is 0 Å². The van der Waals surface area contributed by atoms with E-state index in [0.29, 0.717) is 6.42 Å². The summed E-state index contributed by atoms with van der Waals surface area (Å²) in [6.45, 7) is 4.03. The largest absolute Gasteiger partial charge is 0.387 e. The van der Waals surface area contributed by atoms with E-state index in [1.165, 1.54) is 0 Å². The normalized spacial score (nSPS) is 12.7. The van der Waals surface area contributed by atoms with Crippen molar-refractivity contribution in [3.8, 4) is 0 Å². The number of rotatable bonds is 3. The first-order valence-corrected chi connectivity index (χ1v) is 6.81. The lowest BCUT2D eigenvalue weighted by atomic mass is 10.0. The van der Waals surface area contributed by atoms with Crippen LogP contribution in [0.25, 0.3) is 0 Å². The van der Waals surface area contributed by atoms with Gasteiger partial charge in [-0.1, -0.05) is 23.7 Å². The van der Waals surface area contributed by atoms with Gasteiger partial charge in [-0.3, -0.25) is 0 Å². The summed E-state index contributed by atoms with van der Waals surface area (Å²) in [5.41, 5.74) is 3.28. The Morgan fingerprint density at radius 3 is 2.65 bits per heavy atom. The average molecular weight is 267 g/mol. The molecular weight excluding hydrogens is 252 g/mol. The lowest BCUT2D eigenvalue weighted by molar-refractivity contribution is 0.181. The second-order valence-corrected chi connectivity index (χ2v) is 5.64. The molecule has 2 aromatic rings. The van der Waals surface area contributed by atoms with Crippen LogP contribution in [0, 0.1) is 13.8 Å². The van der Waals surface area contributed by atoms with Crippen molar-refractivity contribution in [3.05, 3.63) is 56.2 Å². The van der Waals surface area contributed by atoms with E-state index in [1.54, 1.807) is 11.3 Å². The van der Waals surface area contributed by atoms with Crippen LogP contribution in [0.5, 0.6) is 0 Å². The molecule has 0 saturated heterocycles. The van der Waals surface area contributed by atoms with Gasteiger partial charge in [-0.05, 0) is 48.1 Å². The summed E-state index contributed by atoms with van der Waals surface area (Å²) in [6.07, 6.45) is 0.107. The van der Waals surface area contributed by atoms with Crippen LogP contribution >= 0.6 is 22.9 Å².